The van der Waals surface area contributed by atoms with Crippen LogP contribution in [0.25, 0.3) is 0 Å². The van der Waals surface area contributed by atoms with Crippen molar-refractivity contribution >= 4 is 27.5 Å². The van der Waals surface area contributed by atoms with Crippen molar-refractivity contribution in [1.29, 1.82) is 0 Å². The molecular weight excluding hydrogens is 486 g/mol. The molecule has 0 bridgehead atoms. The molecule has 37 heavy (non-hydrogen) atoms. The number of amides is 2. The molecule has 3 aromatic rings. The van der Waals surface area contributed by atoms with E-state index in [0.717, 1.165) is 32.1 Å². The van der Waals surface area contributed by atoms with E-state index in [2.05, 4.69) is 5.32 Å². The van der Waals surface area contributed by atoms with E-state index in [9.17, 15) is 18.0 Å². The summed E-state index contributed by atoms with van der Waals surface area (Å²) in [6.07, 6.45) is 0. The lowest BCUT2D eigenvalue weighted by molar-refractivity contribution is -0.139. The number of rotatable bonds is 9. The molecule has 0 aliphatic heterocycles. The molecule has 0 saturated carbocycles. The molecule has 2 amide bonds. The summed E-state index contributed by atoms with van der Waals surface area (Å²) in [5.74, 6) is -0.811. The number of aryl methyl sites for hydroxylation is 4. The first-order valence-electron chi connectivity index (χ1n) is 12.2. The van der Waals surface area contributed by atoms with Gasteiger partial charge in [0.2, 0.25) is 11.8 Å². The Kier molecular flexibility index (Phi) is 8.76. The number of hydrogen-bond acceptors (Lipinski definition) is 4. The molecule has 0 aliphatic rings. The molecule has 0 spiro atoms. The minimum atomic E-state index is -4.08. The second-order valence-electron chi connectivity index (χ2n) is 9.42. The molecule has 0 aromatic heterocycles. The predicted molar refractivity (Wildman–Crippen MR) is 147 cm³/mol. The van der Waals surface area contributed by atoms with Crippen LogP contribution in [0.15, 0.2) is 71.6 Å². The van der Waals surface area contributed by atoms with Crippen molar-refractivity contribution in [3.05, 3.63) is 94.5 Å². The Bertz CT molecular complexity index is 1380. The molecule has 0 heterocycles. The van der Waals surface area contributed by atoms with Gasteiger partial charge < -0.3 is 10.2 Å². The monoisotopic (exact) mass is 521 g/mol. The third-order valence-corrected chi connectivity index (χ3v) is 8.13. The fourth-order valence-corrected chi connectivity index (χ4v) is 5.71. The van der Waals surface area contributed by atoms with E-state index in [4.69, 9.17) is 0 Å². The Morgan fingerprint density at radius 1 is 0.865 bits per heavy atom. The average molecular weight is 522 g/mol. The van der Waals surface area contributed by atoms with Crippen LogP contribution in [0, 0.1) is 27.7 Å². The number of hydrogen-bond donors (Lipinski definition) is 1. The van der Waals surface area contributed by atoms with Crippen LogP contribution in [0.1, 0.15) is 34.7 Å². The van der Waals surface area contributed by atoms with Crippen LogP contribution in [0.5, 0.6) is 0 Å². The second kappa shape index (κ2) is 11.6. The van der Waals surface area contributed by atoms with Crippen molar-refractivity contribution in [3.63, 3.8) is 0 Å². The van der Waals surface area contributed by atoms with E-state index in [1.54, 1.807) is 37.3 Å². The first-order chi connectivity index (χ1) is 17.4. The maximum absolute atomic E-state index is 13.9. The lowest BCUT2D eigenvalue weighted by Gasteiger charge is -2.32. The Balaban J connectivity index is 2.07. The molecular formula is C29H35N3O4S. The fourth-order valence-electron chi connectivity index (χ4n) is 4.23. The van der Waals surface area contributed by atoms with Crippen molar-refractivity contribution in [2.24, 2.45) is 0 Å². The Hall–Kier alpha value is -3.65. The summed E-state index contributed by atoms with van der Waals surface area (Å²) in [6, 6.07) is 18.8. The second-order valence-corrected chi connectivity index (χ2v) is 11.3. The average Bonchev–Trinajstić information content (AvgIpc) is 2.85. The van der Waals surface area contributed by atoms with Gasteiger partial charge in [-0.3, -0.25) is 13.9 Å². The lowest BCUT2D eigenvalue weighted by Crippen LogP contribution is -2.50. The number of likely N-dealkylation sites (N-methyl/N-ethyl adjacent to an activating group) is 1. The molecule has 8 heteroatoms. The van der Waals surface area contributed by atoms with Crippen molar-refractivity contribution in [2.75, 3.05) is 17.9 Å². The smallest absolute Gasteiger partial charge is 0.264 e. The Morgan fingerprint density at radius 3 is 2.08 bits per heavy atom. The van der Waals surface area contributed by atoms with E-state index in [-0.39, 0.29) is 17.3 Å². The first kappa shape index (κ1) is 27.9. The third kappa shape index (κ3) is 6.57. The summed E-state index contributed by atoms with van der Waals surface area (Å²) in [6.45, 7) is 8.94. The molecule has 1 atom stereocenters. The van der Waals surface area contributed by atoms with Gasteiger partial charge in [0.05, 0.1) is 10.6 Å². The van der Waals surface area contributed by atoms with E-state index >= 15 is 0 Å². The minimum Gasteiger partial charge on any atom is -0.357 e. The van der Waals surface area contributed by atoms with Crippen molar-refractivity contribution in [1.82, 2.24) is 10.2 Å². The van der Waals surface area contributed by atoms with Crippen molar-refractivity contribution in [2.45, 2.75) is 52.1 Å². The van der Waals surface area contributed by atoms with E-state index < -0.39 is 28.5 Å². The summed E-state index contributed by atoms with van der Waals surface area (Å²) < 4.78 is 28.9. The summed E-state index contributed by atoms with van der Waals surface area (Å²) in [4.78, 5) is 27.9. The Morgan fingerprint density at radius 2 is 1.49 bits per heavy atom. The highest BCUT2D eigenvalue weighted by molar-refractivity contribution is 7.92. The first-order valence-corrected chi connectivity index (χ1v) is 13.6. The molecule has 3 aromatic carbocycles. The summed E-state index contributed by atoms with van der Waals surface area (Å²) >= 11 is 0. The van der Waals surface area contributed by atoms with Crippen LogP contribution in [0.2, 0.25) is 0 Å². The van der Waals surface area contributed by atoms with E-state index in [1.807, 2.05) is 64.1 Å². The van der Waals surface area contributed by atoms with Crippen LogP contribution >= 0.6 is 0 Å². The van der Waals surface area contributed by atoms with Gasteiger partial charge in [0.1, 0.15) is 12.6 Å². The molecule has 0 radical (unpaired) electrons. The lowest BCUT2D eigenvalue weighted by atomic mass is 10.1. The van der Waals surface area contributed by atoms with Gasteiger partial charge in [-0.15, -0.1) is 0 Å². The van der Waals surface area contributed by atoms with Gasteiger partial charge in [-0.1, -0.05) is 65.2 Å². The molecule has 7 nitrogen and oxygen atoms in total. The maximum Gasteiger partial charge on any atom is 0.264 e. The molecule has 0 unspecified atom stereocenters. The van der Waals surface area contributed by atoms with Gasteiger partial charge in [-0.25, -0.2) is 8.42 Å². The van der Waals surface area contributed by atoms with Gasteiger partial charge >= 0.3 is 0 Å². The fraction of sp³-hybridized carbons (Fsp3) is 0.310. The summed E-state index contributed by atoms with van der Waals surface area (Å²) in [5, 5.41) is 2.59. The Labute approximate surface area is 220 Å². The van der Waals surface area contributed by atoms with Gasteiger partial charge in [0.15, 0.2) is 0 Å². The van der Waals surface area contributed by atoms with Crippen molar-refractivity contribution < 1.29 is 18.0 Å². The van der Waals surface area contributed by atoms with Crippen molar-refractivity contribution in [3.8, 4) is 0 Å². The third-order valence-electron chi connectivity index (χ3n) is 6.36. The van der Waals surface area contributed by atoms with Crippen LogP contribution < -0.4 is 9.62 Å². The largest absolute Gasteiger partial charge is 0.357 e. The maximum atomic E-state index is 13.9. The molecule has 0 aliphatic carbocycles. The van der Waals surface area contributed by atoms with Gasteiger partial charge in [-0.2, -0.15) is 0 Å². The normalized spacial score (nSPS) is 12.1. The van der Waals surface area contributed by atoms with Crippen LogP contribution in [-0.4, -0.2) is 44.8 Å². The highest BCUT2D eigenvalue weighted by Gasteiger charge is 2.32. The van der Waals surface area contributed by atoms with E-state index in [1.165, 1.54) is 11.9 Å². The number of carbonyl (C=O) groups excluding carboxylic acids is 2. The number of sulfonamides is 1. The zero-order chi connectivity index (χ0) is 27.3. The molecule has 3 rings (SSSR count). The standard InChI is InChI=1S/C29H35N3O4S/c1-20-10-13-26(14-11-20)37(35,36)32(27-15-12-22(3)16-23(27)4)19-28(33)31(24(5)29(34)30-6)18-25-9-7-8-21(2)17-25/h7-17,24H,18-19H2,1-6H3,(H,30,34)/t24-/m0/s1. The molecule has 0 saturated heterocycles. The number of anilines is 1. The molecule has 196 valence electrons. The van der Waals surface area contributed by atoms with Gasteiger partial charge in [-0.05, 0) is 63.9 Å². The number of carbonyl (C=O) groups is 2. The SMILES string of the molecule is CNC(=O)[C@H](C)N(Cc1cccc(C)c1)C(=O)CN(c1ccc(C)cc1C)S(=O)(=O)c1ccc(C)cc1. The zero-order valence-electron chi connectivity index (χ0n) is 22.3. The predicted octanol–water partition coefficient (Wildman–Crippen LogP) is 4.28. The van der Waals surface area contributed by atoms with Crippen LogP contribution in [0.4, 0.5) is 5.69 Å². The summed E-state index contributed by atoms with van der Waals surface area (Å²) in [7, 11) is -2.57. The number of benzene rings is 3. The molecule has 1 N–H and O–H groups in total. The highest BCUT2D eigenvalue weighted by atomic mass is 32.2. The van der Waals surface area contributed by atoms with Crippen LogP contribution in [-0.2, 0) is 26.2 Å². The van der Waals surface area contributed by atoms with Gasteiger partial charge in [0, 0.05) is 13.6 Å². The summed E-state index contributed by atoms with van der Waals surface area (Å²) in [5.41, 5.74) is 4.93. The van der Waals surface area contributed by atoms with Crippen LogP contribution in [0.3, 0.4) is 0 Å². The highest BCUT2D eigenvalue weighted by Crippen LogP contribution is 2.28. The van der Waals surface area contributed by atoms with Gasteiger partial charge in [0.25, 0.3) is 10.0 Å². The number of nitrogens with zero attached hydrogens (tertiary/aromatic N) is 2. The quantitative estimate of drug-likeness (QED) is 0.455. The van der Waals surface area contributed by atoms with E-state index in [0.29, 0.717) is 5.69 Å². The molecule has 0 fully saturated rings. The minimum absolute atomic E-state index is 0.0930. The number of nitrogens with one attached hydrogen (secondary N) is 1. The zero-order valence-corrected chi connectivity index (χ0v) is 23.1. The topological polar surface area (TPSA) is 86.8 Å².